The lowest BCUT2D eigenvalue weighted by molar-refractivity contribution is -0.157. The molecule has 0 bridgehead atoms. The van der Waals surface area contributed by atoms with Crippen molar-refractivity contribution in [1.82, 2.24) is 0 Å². The summed E-state index contributed by atoms with van der Waals surface area (Å²) in [6.45, 7) is 2.18. The summed E-state index contributed by atoms with van der Waals surface area (Å²) in [6.07, 6.45) is 10.0. The summed E-state index contributed by atoms with van der Waals surface area (Å²) in [7, 11) is -4.44. The van der Waals surface area contributed by atoms with Crippen LogP contribution in [0.4, 0.5) is 0 Å². The van der Waals surface area contributed by atoms with Gasteiger partial charge in [0.15, 0.2) is 5.75 Å². The van der Waals surface area contributed by atoms with Crippen LogP contribution in [0.2, 0.25) is 0 Å². The third-order valence-electron chi connectivity index (χ3n) is 3.01. The van der Waals surface area contributed by atoms with E-state index in [1.54, 1.807) is 0 Å². The number of unbranched alkanes of at least 4 members (excludes halogenated alkanes) is 8. The van der Waals surface area contributed by atoms with Crippen LogP contribution < -0.4 is 0 Å². The zero-order chi connectivity index (χ0) is 16.1. The van der Waals surface area contributed by atoms with Crippen molar-refractivity contribution in [3.05, 3.63) is 0 Å². The third-order valence-corrected chi connectivity index (χ3v) is 3.61. The van der Waals surface area contributed by atoms with E-state index >= 15 is 0 Å². The molecule has 0 aromatic heterocycles. The van der Waals surface area contributed by atoms with E-state index in [9.17, 15) is 18.0 Å². The molecule has 0 amide bonds. The number of rotatable bonds is 12. The maximum atomic E-state index is 11.2. The van der Waals surface area contributed by atoms with E-state index in [0.717, 1.165) is 19.3 Å². The Kier molecular flexibility index (Phi) is 11.2. The summed E-state index contributed by atoms with van der Waals surface area (Å²) in [5.41, 5.74) is 0. The number of ether oxygens (including phenoxy) is 1. The molecule has 0 saturated carbocycles. The smallest absolute Gasteiger partial charge is 0.331 e. The van der Waals surface area contributed by atoms with Crippen LogP contribution in [0, 0.1) is 0 Å². The van der Waals surface area contributed by atoms with Gasteiger partial charge < -0.3 is 4.74 Å². The predicted octanol–water partition coefficient (Wildman–Crippen LogP) is 2.86. The first-order valence-electron chi connectivity index (χ1n) is 7.54. The predicted molar refractivity (Wildman–Crippen MR) is 79.4 cm³/mol. The first-order valence-corrected chi connectivity index (χ1v) is 9.14. The van der Waals surface area contributed by atoms with Crippen molar-refractivity contribution < 1.29 is 27.3 Å². The van der Waals surface area contributed by atoms with Crippen LogP contribution in [0.15, 0.2) is 0 Å². The van der Waals surface area contributed by atoms with E-state index < -0.39 is 27.8 Å². The third kappa shape index (κ3) is 15.3. The maximum Gasteiger partial charge on any atom is 0.331 e. The quantitative estimate of drug-likeness (QED) is 0.257. The molecule has 0 saturated heterocycles. The van der Waals surface area contributed by atoms with Crippen molar-refractivity contribution in [2.45, 2.75) is 71.1 Å². The fourth-order valence-corrected chi connectivity index (χ4v) is 2.29. The molecule has 0 rings (SSSR count). The van der Waals surface area contributed by atoms with Gasteiger partial charge in [0.1, 0.15) is 0 Å². The van der Waals surface area contributed by atoms with Crippen molar-refractivity contribution in [3.8, 4) is 0 Å². The highest BCUT2D eigenvalue weighted by Gasteiger charge is 2.17. The van der Waals surface area contributed by atoms with Crippen molar-refractivity contribution in [2.24, 2.45) is 0 Å². The van der Waals surface area contributed by atoms with Crippen molar-refractivity contribution in [3.63, 3.8) is 0 Å². The molecular weight excluding hydrogens is 296 g/mol. The molecule has 0 aliphatic rings. The molecule has 7 heteroatoms. The van der Waals surface area contributed by atoms with E-state index in [0.29, 0.717) is 6.42 Å². The monoisotopic (exact) mass is 322 g/mol. The number of carbonyl (C=O) groups is 2. The molecule has 0 heterocycles. The molecule has 0 radical (unpaired) electrons. The molecule has 0 fully saturated rings. The Labute approximate surface area is 127 Å². The van der Waals surface area contributed by atoms with Crippen LogP contribution in [0.25, 0.3) is 0 Å². The van der Waals surface area contributed by atoms with E-state index in [1.807, 2.05) is 0 Å². The van der Waals surface area contributed by atoms with Crippen molar-refractivity contribution >= 4 is 22.1 Å². The van der Waals surface area contributed by atoms with Crippen molar-refractivity contribution in [2.75, 3.05) is 5.75 Å². The summed E-state index contributed by atoms with van der Waals surface area (Å²) in [5, 5.41) is 0. The van der Waals surface area contributed by atoms with Gasteiger partial charge >= 0.3 is 11.9 Å². The van der Waals surface area contributed by atoms with Gasteiger partial charge in [-0.15, -0.1) is 0 Å². The Morgan fingerprint density at radius 3 is 1.81 bits per heavy atom. The lowest BCUT2D eigenvalue weighted by atomic mass is 10.1. The molecule has 0 aliphatic heterocycles. The number of carbonyl (C=O) groups excluding carboxylic acids is 2. The number of hydrogen-bond acceptors (Lipinski definition) is 5. The Bertz CT molecular complexity index is 402. The minimum absolute atomic E-state index is 0.0903. The minimum atomic E-state index is -4.44. The average molecular weight is 322 g/mol. The lowest BCUT2D eigenvalue weighted by Crippen LogP contribution is -2.20. The standard InChI is InChI=1S/C14H26O6S/c1-2-3-4-5-6-7-8-9-10-11-13(15)20-14(16)12-21(17,18)19/h2-12H2,1H3,(H,17,18,19). The van der Waals surface area contributed by atoms with Gasteiger partial charge in [0.25, 0.3) is 10.1 Å². The molecule has 124 valence electrons. The second kappa shape index (κ2) is 11.7. The molecule has 21 heavy (non-hydrogen) atoms. The van der Waals surface area contributed by atoms with Gasteiger partial charge in [-0.05, 0) is 6.42 Å². The van der Waals surface area contributed by atoms with Crippen LogP contribution in [0.1, 0.15) is 71.1 Å². The minimum Gasteiger partial charge on any atom is -0.392 e. The van der Waals surface area contributed by atoms with Gasteiger partial charge in [0, 0.05) is 6.42 Å². The highest BCUT2D eigenvalue weighted by molar-refractivity contribution is 7.86. The second-order valence-corrected chi connectivity index (χ2v) is 6.60. The molecule has 0 aromatic carbocycles. The SMILES string of the molecule is CCCCCCCCCCCC(=O)OC(=O)CS(=O)(=O)O. The molecule has 1 N–H and O–H groups in total. The number of esters is 2. The normalized spacial score (nSPS) is 11.3. The fraction of sp³-hybridized carbons (Fsp3) is 0.857. The molecule has 0 aliphatic carbocycles. The van der Waals surface area contributed by atoms with Gasteiger partial charge in [-0.1, -0.05) is 58.3 Å². The summed E-state index contributed by atoms with van der Waals surface area (Å²) in [4.78, 5) is 22.2. The highest BCUT2D eigenvalue weighted by Crippen LogP contribution is 2.10. The lowest BCUT2D eigenvalue weighted by Gasteiger charge is -2.03. The van der Waals surface area contributed by atoms with Crippen LogP contribution >= 0.6 is 0 Å². The van der Waals surface area contributed by atoms with Gasteiger partial charge in [-0.25, -0.2) is 0 Å². The van der Waals surface area contributed by atoms with E-state index in [1.165, 1.54) is 32.1 Å². The Morgan fingerprint density at radius 1 is 0.857 bits per heavy atom. The van der Waals surface area contributed by atoms with E-state index in [2.05, 4.69) is 11.7 Å². The number of hydrogen-bond donors (Lipinski definition) is 1. The zero-order valence-electron chi connectivity index (χ0n) is 12.7. The molecule has 0 atom stereocenters. The summed E-state index contributed by atoms with van der Waals surface area (Å²) in [5.74, 6) is -3.17. The van der Waals surface area contributed by atoms with E-state index in [-0.39, 0.29) is 6.42 Å². The average Bonchev–Trinajstić information content (AvgIpc) is 2.34. The Balaban J connectivity index is 3.48. The maximum absolute atomic E-state index is 11.2. The van der Waals surface area contributed by atoms with E-state index in [4.69, 9.17) is 4.55 Å². The summed E-state index contributed by atoms with van der Waals surface area (Å²) >= 11 is 0. The van der Waals surface area contributed by atoms with Gasteiger partial charge in [-0.3, -0.25) is 14.1 Å². The van der Waals surface area contributed by atoms with Crippen LogP contribution in [-0.2, 0) is 24.4 Å². The first-order chi connectivity index (χ1) is 9.85. The first kappa shape index (κ1) is 20.1. The Hall–Kier alpha value is -0.950. The molecule has 0 aromatic rings. The second-order valence-electron chi connectivity index (χ2n) is 5.15. The molecular formula is C14H26O6S. The van der Waals surface area contributed by atoms with Gasteiger partial charge in [0.2, 0.25) is 0 Å². The summed E-state index contributed by atoms with van der Waals surface area (Å²) in [6, 6.07) is 0. The summed E-state index contributed by atoms with van der Waals surface area (Å²) < 4.78 is 33.5. The molecule has 6 nitrogen and oxygen atoms in total. The van der Waals surface area contributed by atoms with Crippen LogP contribution in [-0.4, -0.2) is 30.7 Å². The van der Waals surface area contributed by atoms with Gasteiger partial charge in [0.05, 0.1) is 0 Å². The Morgan fingerprint density at radius 2 is 1.33 bits per heavy atom. The van der Waals surface area contributed by atoms with Crippen LogP contribution in [0.3, 0.4) is 0 Å². The molecule has 0 spiro atoms. The van der Waals surface area contributed by atoms with Crippen molar-refractivity contribution in [1.29, 1.82) is 0 Å². The highest BCUT2D eigenvalue weighted by atomic mass is 32.2. The van der Waals surface area contributed by atoms with Crippen LogP contribution in [0.5, 0.6) is 0 Å². The fourth-order valence-electron chi connectivity index (χ4n) is 1.94. The van der Waals surface area contributed by atoms with Gasteiger partial charge in [-0.2, -0.15) is 8.42 Å². The zero-order valence-corrected chi connectivity index (χ0v) is 13.5. The molecule has 0 unspecified atom stereocenters. The largest absolute Gasteiger partial charge is 0.392 e. The topological polar surface area (TPSA) is 97.7 Å².